The molecule has 1 heterocycles. The number of aromatic nitrogens is 1. The van der Waals surface area contributed by atoms with Crippen molar-refractivity contribution >= 4 is 28.7 Å². The number of nitrogens with zero attached hydrogens (tertiary/aromatic N) is 1. The Morgan fingerprint density at radius 1 is 0.800 bits per heavy atom. The monoisotopic (exact) mass is 566 g/mol. The number of methoxy groups -OCH3 is 1. The van der Waals surface area contributed by atoms with Crippen molar-refractivity contribution in [1.29, 1.82) is 0 Å². The van der Waals surface area contributed by atoms with Gasteiger partial charge in [-0.05, 0) is 37.6 Å². The molecule has 0 atom stereocenters. The Morgan fingerprint density at radius 3 is 2.00 bits per heavy atom. The first-order valence-electron chi connectivity index (χ1n) is 15.0. The van der Waals surface area contributed by atoms with Gasteiger partial charge < -0.3 is 20.1 Å². The number of nitrogens with one attached hydrogen (secondary N) is 2. The number of amides is 2. The molecule has 0 aliphatic carbocycles. The number of carbonyl (C=O) groups is 1. The highest BCUT2D eigenvalue weighted by molar-refractivity contribution is 7.09. The zero-order chi connectivity index (χ0) is 28.4. The molecule has 0 aliphatic rings. The second-order valence-electron chi connectivity index (χ2n) is 10.5. The Balaban J connectivity index is 1.31. The van der Waals surface area contributed by atoms with Crippen LogP contribution in [-0.4, -0.2) is 19.7 Å². The van der Waals surface area contributed by atoms with Crippen LogP contribution >= 0.6 is 11.3 Å². The fourth-order valence-corrected chi connectivity index (χ4v) is 5.35. The zero-order valence-corrected chi connectivity index (χ0v) is 25.5. The molecule has 2 aromatic carbocycles. The lowest BCUT2D eigenvalue weighted by Gasteiger charge is -2.13. The smallest absolute Gasteiger partial charge is 0.323 e. The van der Waals surface area contributed by atoms with Crippen LogP contribution in [0.5, 0.6) is 11.5 Å². The molecule has 6 nitrogen and oxygen atoms in total. The van der Waals surface area contributed by atoms with Gasteiger partial charge in [0.25, 0.3) is 0 Å². The van der Waals surface area contributed by atoms with Gasteiger partial charge in [0.1, 0.15) is 0 Å². The van der Waals surface area contributed by atoms with Crippen LogP contribution in [0.15, 0.2) is 54.2 Å². The van der Waals surface area contributed by atoms with Gasteiger partial charge in [0.2, 0.25) is 5.51 Å². The van der Waals surface area contributed by atoms with Crippen LogP contribution in [0.25, 0.3) is 0 Å². The van der Waals surface area contributed by atoms with Crippen molar-refractivity contribution in [3.8, 4) is 11.5 Å². The number of rotatable bonds is 19. The van der Waals surface area contributed by atoms with Gasteiger partial charge in [-0.3, -0.25) is 0 Å². The fraction of sp³-hybridized carbons (Fsp3) is 0.515. The van der Waals surface area contributed by atoms with Gasteiger partial charge in [0, 0.05) is 23.0 Å². The first kappa shape index (κ1) is 31.5. The maximum Gasteiger partial charge on any atom is 0.323 e. The summed E-state index contributed by atoms with van der Waals surface area (Å²) < 4.78 is 13.7. The highest BCUT2D eigenvalue weighted by Gasteiger charge is 2.10. The van der Waals surface area contributed by atoms with Gasteiger partial charge in [-0.2, -0.15) is 4.57 Å². The van der Waals surface area contributed by atoms with Crippen LogP contribution < -0.4 is 24.7 Å². The molecule has 40 heavy (non-hydrogen) atoms. The van der Waals surface area contributed by atoms with Crippen molar-refractivity contribution in [3.63, 3.8) is 0 Å². The number of hydrogen-bond acceptors (Lipinski definition) is 4. The van der Waals surface area contributed by atoms with Crippen molar-refractivity contribution in [3.05, 3.63) is 64.6 Å². The third kappa shape index (κ3) is 12.0. The molecule has 3 aromatic rings. The van der Waals surface area contributed by atoms with E-state index in [9.17, 15) is 4.79 Å². The second-order valence-corrected chi connectivity index (χ2v) is 11.6. The standard InChI is InChI=1S/C33H47N3O3S/c1-4-5-6-7-8-9-10-11-12-13-14-15-22-39-31-21-20-30(23-32(31)38-3)35-33(37)34-29-18-16-28(17-19-29)25-36-24-27(2)40-26-36/h16-21,23-24,26H,4-15,22,25H2,1-3H3,(H-,34,35,37)/p+1. The average molecular weight is 567 g/mol. The highest BCUT2D eigenvalue weighted by atomic mass is 32.1. The van der Waals surface area contributed by atoms with E-state index >= 15 is 0 Å². The lowest BCUT2D eigenvalue weighted by Crippen LogP contribution is -2.30. The number of thiazole rings is 1. The molecule has 0 aliphatic heterocycles. The van der Waals surface area contributed by atoms with Crippen LogP contribution in [0.4, 0.5) is 16.2 Å². The van der Waals surface area contributed by atoms with Gasteiger partial charge in [0.05, 0.1) is 18.6 Å². The quantitative estimate of drug-likeness (QED) is 0.112. The summed E-state index contributed by atoms with van der Waals surface area (Å²) in [6.45, 7) is 5.85. The number of aryl methyl sites for hydroxylation is 1. The molecule has 1 aromatic heterocycles. The van der Waals surface area contributed by atoms with E-state index in [4.69, 9.17) is 9.47 Å². The molecule has 0 saturated carbocycles. The summed E-state index contributed by atoms with van der Waals surface area (Å²) in [5, 5.41) is 5.77. The SMILES string of the molecule is CCCCCCCCCCCCCCOc1ccc(NC(=O)Nc2ccc(C[n+]3csc(C)c3)cc2)cc1OC. The number of urea groups is 1. The molecule has 0 bridgehead atoms. The van der Waals surface area contributed by atoms with Crippen molar-refractivity contribution in [2.75, 3.05) is 24.4 Å². The first-order valence-corrected chi connectivity index (χ1v) is 15.9. The lowest BCUT2D eigenvalue weighted by atomic mass is 10.1. The minimum atomic E-state index is -0.303. The normalized spacial score (nSPS) is 10.9. The van der Waals surface area contributed by atoms with E-state index in [2.05, 4.69) is 40.8 Å². The molecule has 2 amide bonds. The molecule has 218 valence electrons. The third-order valence-electron chi connectivity index (χ3n) is 6.98. The summed E-state index contributed by atoms with van der Waals surface area (Å²) >= 11 is 1.73. The number of unbranched alkanes of at least 4 members (excludes halogenated alkanes) is 11. The zero-order valence-electron chi connectivity index (χ0n) is 24.7. The fourth-order valence-electron chi connectivity index (χ4n) is 4.72. The Hall–Kier alpha value is -3.06. The number of benzene rings is 2. The third-order valence-corrected chi connectivity index (χ3v) is 7.83. The Bertz CT molecular complexity index is 1130. The minimum absolute atomic E-state index is 0.303. The summed E-state index contributed by atoms with van der Waals surface area (Å²) in [5.74, 6) is 1.31. The van der Waals surface area contributed by atoms with E-state index in [1.807, 2.05) is 36.4 Å². The van der Waals surface area contributed by atoms with E-state index in [0.29, 0.717) is 23.8 Å². The van der Waals surface area contributed by atoms with E-state index < -0.39 is 0 Å². The van der Waals surface area contributed by atoms with E-state index in [0.717, 1.165) is 18.7 Å². The van der Waals surface area contributed by atoms with Gasteiger partial charge in [-0.1, -0.05) is 101 Å². The molecule has 0 fully saturated rings. The maximum absolute atomic E-state index is 12.6. The number of carbonyl (C=O) groups excluding carboxylic acids is 1. The number of anilines is 2. The van der Waals surface area contributed by atoms with E-state index in [-0.39, 0.29) is 6.03 Å². The van der Waals surface area contributed by atoms with Gasteiger partial charge in [0.15, 0.2) is 24.2 Å². The molecule has 7 heteroatoms. The Kier molecular flexibility index (Phi) is 14.4. The molecule has 0 unspecified atom stereocenters. The van der Waals surface area contributed by atoms with Gasteiger partial charge >= 0.3 is 6.03 Å². The van der Waals surface area contributed by atoms with Crippen LogP contribution in [-0.2, 0) is 6.54 Å². The predicted octanol–water partition coefficient (Wildman–Crippen LogP) is 9.12. The maximum atomic E-state index is 12.6. The molecular formula is C33H48N3O3S+. The largest absolute Gasteiger partial charge is 0.493 e. The average Bonchev–Trinajstić information content (AvgIpc) is 3.37. The molecular weight excluding hydrogens is 518 g/mol. The number of hydrogen-bond donors (Lipinski definition) is 2. The van der Waals surface area contributed by atoms with E-state index in [1.54, 1.807) is 24.5 Å². The first-order chi connectivity index (χ1) is 19.6. The topological polar surface area (TPSA) is 63.5 Å². The van der Waals surface area contributed by atoms with Crippen LogP contribution in [0.2, 0.25) is 0 Å². The molecule has 3 rings (SSSR count). The van der Waals surface area contributed by atoms with Crippen molar-refractivity contribution < 1.29 is 18.8 Å². The van der Waals surface area contributed by atoms with Crippen molar-refractivity contribution in [2.24, 2.45) is 0 Å². The molecule has 0 radical (unpaired) electrons. The van der Waals surface area contributed by atoms with Gasteiger partial charge in [-0.15, -0.1) is 0 Å². The van der Waals surface area contributed by atoms with Crippen LogP contribution in [0.3, 0.4) is 0 Å². The second kappa shape index (κ2) is 18.3. The minimum Gasteiger partial charge on any atom is -0.493 e. The van der Waals surface area contributed by atoms with Crippen molar-refractivity contribution in [1.82, 2.24) is 0 Å². The Morgan fingerprint density at radius 2 is 1.40 bits per heavy atom. The predicted molar refractivity (Wildman–Crippen MR) is 167 cm³/mol. The summed E-state index contributed by atoms with van der Waals surface area (Å²) in [6.07, 6.45) is 18.0. The molecule has 0 spiro atoms. The Labute approximate surface area is 245 Å². The summed E-state index contributed by atoms with van der Waals surface area (Å²) in [7, 11) is 1.62. The van der Waals surface area contributed by atoms with Gasteiger partial charge in [-0.25, -0.2) is 4.79 Å². The lowest BCUT2D eigenvalue weighted by molar-refractivity contribution is -0.683. The molecule has 2 N–H and O–H groups in total. The van der Waals surface area contributed by atoms with E-state index in [1.165, 1.54) is 81.1 Å². The molecule has 0 saturated heterocycles. The highest BCUT2D eigenvalue weighted by Crippen LogP contribution is 2.30. The summed E-state index contributed by atoms with van der Waals surface area (Å²) in [5.41, 5.74) is 4.67. The van der Waals surface area contributed by atoms with Crippen LogP contribution in [0.1, 0.15) is 94.4 Å². The summed E-state index contributed by atoms with van der Waals surface area (Å²) in [6, 6.07) is 13.1. The number of ether oxygens (including phenoxy) is 2. The summed E-state index contributed by atoms with van der Waals surface area (Å²) in [4.78, 5) is 13.8. The van der Waals surface area contributed by atoms with Crippen molar-refractivity contribution in [2.45, 2.75) is 97.4 Å². The van der Waals surface area contributed by atoms with Crippen LogP contribution in [0, 0.1) is 6.92 Å².